The fourth-order valence-electron chi connectivity index (χ4n) is 1.45. The number of nitrogens with one attached hydrogen (secondary N) is 2. The van der Waals surface area contributed by atoms with Crippen LogP contribution in [0.3, 0.4) is 0 Å². The fraction of sp³-hybridized carbons (Fsp3) is 0.455. The summed E-state index contributed by atoms with van der Waals surface area (Å²) in [5, 5.41) is 6.64. The van der Waals surface area contributed by atoms with Gasteiger partial charge in [0.15, 0.2) is 0 Å². The van der Waals surface area contributed by atoms with Crippen LogP contribution in [0.5, 0.6) is 5.88 Å². The Morgan fingerprint density at radius 3 is 2.94 bits per heavy atom. The number of ether oxygens (including phenoxy) is 1. The van der Waals surface area contributed by atoms with E-state index in [1.54, 1.807) is 6.07 Å². The molecule has 1 fully saturated rings. The average molecular weight is 290 g/mol. The fourth-order valence-corrected chi connectivity index (χ4v) is 1.88. The van der Waals surface area contributed by atoms with Crippen LogP contribution >= 0.6 is 23.2 Å². The quantitative estimate of drug-likeness (QED) is 0.797. The molecule has 0 aromatic carbocycles. The second kappa shape index (κ2) is 6.22. The van der Waals surface area contributed by atoms with Gasteiger partial charge in [0.05, 0.1) is 17.5 Å². The number of nitrogens with zero attached hydrogens (tertiary/aromatic N) is 1. The van der Waals surface area contributed by atoms with E-state index in [1.165, 1.54) is 6.20 Å². The zero-order chi connectivity index (χ0) is 13.0. The summed E-state index contributed by atoms with van der Waals surface area (Å²) >= 11 is 11.6. The second-order valence-corrected chi connectivity index (χ2v) is 4.78. The van der Waals surface area contributed by atoms with Gasteiger partial charge in [-0.05, 0) is 6.07 Å². The van der Waals surface area contributed by atoms with Gasteiger partial charge < -0.3 is 15.4 Å². The van der Waals surface area contributed by atoms with Crippen LogP contribution in [0.2, 0.25) is 10.0 Å². The van der Waals surface area contributed by atoms with Gasteiger partial charge in [-0.2, -0.15) is 0 Å². The Kier molecular flexibility index (Phi) is 4.63. The molecule has 7 heteroatoms. The van der Waals surface area contributed by atoms with Crippen LogP contribution < -0.4 is 15.4 Å². The third-order valence-corrected chi connectivity index (χ3v) is 3.04. The molecule has 18 heavy (non-hydrogen) atoms. The summed E-state index contributed by atoms with van der Waals surface area (Å²) < 4.78 is 5.34. The van der Waals surface area contributed by atoms with E-state index in [2.05, 4.69) is 15.6 Å². The Bertz CT molecular complexity index is 438. The molecule has 1 aliphatic rings. The van der Waals surface area contributed by atoms with E-state index in [9.17, 15) is 4.79 Å². The molecular weight excluding hydrogens is 277 g/mol. The number of hydrogen-bond donors (Lipinski definition) is 2. The highest BCUT2D eigenvalue weighted by Gasteiger charge is 2.24. The number of rotatable bonds is 5. The standard InChI is InChI=1S/C11H13Cl2N3O2/c12-8-3-9(13)11(16-6-8)18-2-1-15-10(17)7-4-14-5-7/h3,6-7,14H,1-2,4-5H2,(H,15,17). The van der Waals surface area contributed by atoms with Gasteiger partial charge in [-0.3, -0.25) is 4.79 Å². The molecule has 0 unspecified atom stereocenters. The largest absolute Gasteiger partial charge is 0.475 e. The van der Waals surface area contributed by atoms with Crippen LogP contribution in [0.4, 0.5) is 0 Å². The van der Waals surface area contributed by atoms with Crippen molar-refractivity contribution in [3.8, 4) is 5.88 Å². The Labute approximate surface area is 115 Å². The molecule has 1 amide bonds. The third-order valence-electron chi connectivity index (χ3n) is 2.57. The molecule has 98 valence electrons. The van der Waals surface area contributed by atoms with Gasteiger partial charge in [0.25, 0.3) is 0 Å². The molecule has 0 aliphatic carbocycles. The van der Waals surface area contributed by atoms with Crippen LogP contribution in [0.25, 0.3) is 0 Å². The van der Waals surface area contributed by atoms with Crippen molar-refractivity contribution in [2.45, 2.75) is 0 Å². The number of aromatic nitrogens is 1. The summed E-state index contributed by atoms with van der Waals surface area (Å²) in [4.78, 5) is 15.4. The first-order valence-electron chi connectivity index (χ1n) is 5.59. The van der Waals surface area contributed by atoms with Crippen LogP contribution in [0.1, 0.15) is 0 Å². The number of pyridine rings is 1. The van der Waals surface area contributed by atoms with Crippen molar-refractivity contribution in [1.82, 2.24) is 15.6 Å². The Hall–Kier alpha value is -1.04. The summed E-state index contributed by atoms with van der Waals surface area (Å²) in [5.41, 5.74) is 0. The molecule has 2 N–H and O–H groups in total. The number of hydrogen-bond acceptors (Lipinski definition) is 4. The molecule has 2 heterocycles. The molecular formula is C11H13Cl2N3O2. The number of amides is 1. The van der Waals surface area contributed by atoms with E-state index < -0.39 is 0 Å². The van der Waals surface area contributed by atoms with Gasteiger partial charge in [0, 0.05) is 19.3 Å². The Morgan fingerprint density at radius 2 is 2.33 bits per heavy atom. The molecule has 2 rings (SSSR count). The average Bonchev–Trinajstić information content (AvgIpc) is 2.24. The van der Waals surface area contributed by atoms with Crippen molar-refractivity contribution in [1.29, 1.82) is 0 Å². The van der Waals surface area contributed by atoms with Crippen LogP contribution in [-0.4, -0.2) is 37.1 Å². The summed E-state index contributed by atoms with van der Waals surface area (Å²) in [7, 11) is 0. The Morgan fingerprint density at radius 1 is 1.56 bits per heavy atom. The van der Waals surface area contributed by atoms with E-state index in [-0.39, 0.29) is 11.8 Å². The van der Waals surface area contributed by atoms with E-state index in [0.717, 1.165) is 13.1 Å². The zero-order valence-corrected chi connectivity index (χ0v) is 11.1. The first kappa shape index (κ1) is 13.4. The summed E-state index contributed by atoms with van der Waals surface area (Å²) in [6.45, 7) is 2.24. The predicted octanol–water partition coefficient (Wildman–Crippen LogP) is 1.10. The molecule has 1 aromatic heterocycles. The predicted molar refractivity (Wildman–Crippen MR) is 69.1 cm³/mol. The monoisotopic (exact) mass is 289 g/mol. The van der Waals surface area contributed by atoms with E-state index in [1.807, 2.05) is 0 Å². The maximum atomic E-state index is 11.5. The molecule has 1 aliphatic heterocycles. The second-order valence-electron chi connectivity index (χ2n) is 3.94. The minimum atomic E-state index is 0.0486. The molecule has 0 saturated carbocycles. The SMILES string of the molecule is O=C(NCCOc1ncc(Cl)cc1Cl)C1CNC1. The molecule has 1 aromatic rings. The lowest BCUT2D eigenvalue weighted by Gasteiger charge is -2.25. The van der Waals surface area contributed by atoms with Crippen molar-refractivity contribution in [2.24, 2.45) is 5.92 Å². The van der Waals surface area contributed by atoms with Crippen LogP contribution in [0.15, 0.2) is 12.3 Å². The van der Waals surface area contributed by atoms with Crippen molar-refractivity contribution in [2.75, 3.05) is 26.2 Å². The zero-order valence-electron chi connectivity index (χ0n) is 9.58. The lowest BCUT2D eigenvalue weighted by atomic mass is 10.0. The normalized spacial score (nSPS) is 15.0. The minimum absolute atomic E-state index is 0.0486. The van der Waals surface area contributed by atoms with Crippen molar-refractivity contribution < 1.29 is 9.53 Å². The van der Waals surface area contributed by atoms with Gasteiger partial charge >= 0.3 is 0 Å². The lowest BCUT2D eigenvalue weighted by molar-refractivity contribution is -0.126. The smallest absolute Gasteiger partial charge is 0.232 e. The number of carbonyl (C=O) groups is 1. The van der Waals surface area contributed by atoms with Gasteiger partial charge in [-0.15, -0.1) is 0 Å². The maximum absolute atomic E-state index is 11.5. The topological polar surface area (TPSA) is 63.2 Å². The molecule has 5 nitrogen and oxygen atoms in total. The molecule has 0 spiro atoms. The summed E-state index contributed by atoms with van der Waals surface area (Å²) in [5.74, 6) is 0.454. The Balaban J connectivity index is 1.70. The molecule has 0 radical (unpaired) electrons. The van der Waals surface area contributed by atoms with Gasteiger partial charge in [0.1, 0.15) is 11.6 Å². The third kappa shape index (κ3) is 3.48. The molecule has 0 atom stereocenters. The molecule has 0 bridgehead atoms. The molecule has 1 saturated heterocycles. The highest BCUT2D eigenvalue weighted by molar-refractivity contribution is 6.35. The first-order valence-corrected chi connectivity index (χ1v) is 6.34. The highest BCUT2D eigenvalue weighted by Crippen LogP contribution is 2.24. The van der Waals surface area contributed by atoms with Crippen molar-refractivity contribution >= 4 is 29.1 Å². The number of halogens is 2. The maximum Gasteiger partial charge on any atom is 0.232 e. The summed E-state index contributed by atoms with van der Waals surface area (Å²) in [6.07, 6.45) is 1.46. The van der Waals surface area contributed by atoms with E-state index in [0.29, 0.717) is 29.1 Å². The van der Waals surface area contributed by atoms with Crippen molar-refractivity contribution in [3.63, 3.8) is 0 Å². The highest BCUT2D eigenvalue weighted by atomic mass is 35.5. The van der Waals surface area contributed by atoms with Crippen molar-refractivity contribution in [3.05, 3.63) is 22.3 Å². The number of carbonyl (C=O) groups excluding carboxylic acids is 1. The minimum Gasteiger partial charge on any atom is -0.475 e. The van der Waals surface area contributed by atoms with Crippen LogP contribution in [-0.2, 0) is 4.79 Å². The van der Waals surface area contributed by atoms with Gasteiger partial charge in [-0.1, -0.05) is 23.2 Å². The van der Waals surface area contributed by atoms with E-state index in [4.69, 9.17) is 27.9 Å². The first-order chi connectivity index (χ1) is 8.66. The summed E-state index contributed by atoms with van der Waals surface area (Å²) in [6, 6.07) is 1.56. The van der Waals surface area contributed by atoms with Crippen LogP contribution in [0, 0.1) is 5.92 Å². The lowest BCUT2D eigenvalue weighted by Crippen LogP contribution is -2.51. The van der Waals surface area contributed by atoms with E-state index >= 15 is 0 Å². The van der Waals surface area contributed by atoms with Gasteiger partial charge in [-0.25, -0.2) is 4.98 Å². The van der Waals surface area contributed by atoms with Gasteiger partial charge in [0.2, 0.25) is 11.8 Å².